The minimum atomic E-state index is -3.33. The van der Waals surface area contributed by atoms with Gasteiger partial charge in [-0.2, -0.15) is 5.10 Å². The number of fused-ring (bicyclic) bond motifs is 3. The Labute approximate surface area is 196 Å². The molecule has 166 valence electrons. The molecule has 8 heteroatoms. The highest BCUT2D eigenvalue weighted by Crippen LogP contribution is 2.29. The summed E-state index contributed by atoms with van der Waals surface area (Å²) < 4.78 is 26.1. The van der Waals surface area contributed by atoms with Crippen molar-refractivity contribution in [2.24, 2.45) is 0 Å². The van der Waals surface area contributed by atoms with Crippen molar-refractivity contribution in [2.75, 3.05) is 18.1 Å². The van der Waals surface area contributed by atoms with Gasteiger partial charge < -0.3 is 5.32 Å². The highest BCUT2D eigenvalue weighted by Gasteiger charge is 2.15. The van der Waals surface area contributed by atoms with Gasteiger partial charge in [0.15, 0.2) is 9.84 Å². The Bertz CT molecular complexity index is 1580. The zero-order valence-corrected chi connectivity index (χ0v) is 19.4. The lowest BCUT2D eigenvalue weighted by Crippen LogP contribution is -2.10. The first-order valence-corrected chi connectivity index (χ1v) is 12.7. The summed E-state index contributed by atoms with van der Waals surface area (Å²) in [5.41, 5.74) is 4.04. The van der Waals surface area contributed by atoms with Crippen LogP contribution in [0.15, 0.2) is 83.9 Å². The second-order valence-electron chi connectivity index (χ2n) is 7.84. The number of hydrogen-bond acceptors (Lipinski definition) is 5. The van der Waals surface area contributed by atoms with Gasteiger partial charge in [-0.3, -0.25) is 4.98 Å². The van der Waals surface area contributed by atoms with Crippen LogP contribution >= 0.6 is 11.6 Å². The van der Waals surface area contributed by atoms with Crippen LogP contribution in [0.5, 0.6) is 0 Å². The van der Waals surface area contributed by atoms with Gasteiger partial charge in [0.1, 0.15) is 5.52 Å². The molecule has 0 aliphatic heterocycles. The van der Waals surface area contributed by atoms with E-state index in [0.29, 0.717) is 23.7 Å². The number of benzene rings is 3. The average molecular weight is 477 g/mol. The SMILES string of the molecule is CS(=O)(=O)c1ccccc1NCCc1nc2cc(Cl)ccc2c2nn(-c3ccccc3)cc12. The van der Waals surface area contributed by atoms with Crippen LogP contribution in [0.1, 0.15) is 5.69 Å². The normalized spacial score (nSPS) is 11.8. The molecule has 0 atom stereocenters. The maximum Gasteiger partial charge on any atom is 0.177 e. The lowest BCUT2D eigenvalue weighted by molar-refractivity contribution is 0.602. The Hall–Kier alpha value is -3.42. The van der Waals surface area contributed by atoms with Crippen LogP contribution < -0.4 is 5.32 Å². The minimum absolute atomic E-state index is 0.283. The van der Waals surface area contributed by atoms with Gasteiger partial charge in [-0.15, -0.1) is 0 Å². The molecular formula is C25H21ClN4O2S. The number of rotatable bonds is 6. The van der Waals surface area contributed by atoms with E-state index in [1.807, 2.05) is 65.5 Å². The zero-order chi connectivity index (χ0) is 23.0. The van der Waals surface area contributed by atoms with Crippen molar-refractivity contribution in [1.29, 1.82) is 0 Å². The number of hydrogen-bond donors (Lipinski definition) is 1. The van der Waals surface area contributed by atoms with Crippen LogP contribution in [0.4, 0.5) is 5.69 Å². The highest BCUT2D eigenvalue weighted by molar-refractivity contribution is 7.90. The molecule has 0 saturated heterocycles. The molecule has 0 unspecified atom stereocenters. The Morgan fingerprint density at radius 1 is 0.970 bits per heavy atom. The smallest absolute Gasteiger partial charge is 0.177 e. The molecule has 33 heavy (non-hydrogen) atoms. The molecule has 0 amide bonds. The number of nitrogens with zero attached hydrogens (tertiary/aromatic N) is 3. The minimum Gasteiger partial charge on any atom is -0.384 e. The lowest BCUT2D eigenvalue weighted by atomic mass is 10.1. The van der Waals surface area contributed by atoms with Crippen molar-refractivity contribution in [2.45, 2.75) is 11.3 Å². The third kappa shape index (κ3) is 4.29. The van der Waals surface area contributed by atoms with Gasteiger partial charge in [-0.25, -0.2) is 13.1 Å². The average Bonchev–Trinajstić information content (AvgIpc) is 3.25. The van der Waals surface area contributed by atoms with Crippen molar-refractivity contribution in [3.05, 3.63) is 89.7 Å². The summed E-state index contributed by atoms with van der Waals surface area (Å²) in [5, 5.41) is 10.6. The van der Waals surface area contributed by atoms with E-state index in [0.717, 1.165) is 33.2 Å². The number of anilines is 1. The van der Waals surface area contributed by atoms with Crippen LogP contribution in [0.2, 0.25) is 5.02 Å². The molecule has 0 radical (unpaired) electrons. The van der Waals surface area contributed by atoms with Gasteiger partial charge in [0.05, 0.1) is 27.5 Å². The van der Waals surface area contributed by atoms with Crippen LogP contribution in [0.25, 0.3) is 27.5 Å². The topological polar surface area (TPSA) is 76.9 Å². The molecule has 2 heterocycles. The monoisotopic (exact) mass is 476 g/mol. The van der Waals surface area contributed by atoms with Crippen LogP contribution in [-0.2, 0) is 16.3 Å². The maximum atomic E-state index is 12.1. The first-order chi connectivity index (χ1) is 15.9. The van der Waals surface area contributed by atoms with Gasteiger partial charge in [0, 0.05) is 41.2 Å². The van der Waals surface area contributed by atoms with Crippen LogP contribution in [0.3, 0.4) is 0 Å². The summed E-state index contributed by atoms with van der Waals surface area (Å²) in [7, 11) is -3.33. The summed E-state index contributed by atoms with van der Waals surface area (Å²) >= 11 is 6.23. The molecule has 6 nitrogen and oxygen atoms in total. The number of pyridine rings is 1. The van der Waals surface area contributed by atoms with Crippen molar-refractivity contribution in [3.63, 3.8) is 0 Å². The van der Waals surface area contributed by atoms with Crippen LogP contribution in [-0.4, -0.2) is 36.0 Å². The van der Waals surface area contributed by atoms with E-state index in [1.54, 1.807) is 18.2 Å². The molecule has 0 saturated carbocycles. The summed E-state index contributed by atoms with van der Waals surface area (Å²) in [6.07, 6.45) is 3.78. The molecular weight excluding hydrogens is 456 g/mol. The standard InChI is InChI=1S/C25H21ClN4O2S/c1-33(31,32)24-10-6-5-9-22(24)27-14-13-21-20-16-30(18-7-3-2-4-8-18)29-25(20)19-12-11-17(26)15-23(19)28-21/h2-12,15-16,27H,13-14H2,1H3. The second kappa shape index (κ2) is 8.50. The van der Waals surface area contributed by atoms with Crippen molar-refractivity contribution >= 4 is 48.9 Å². The summed E-state index contributed by atoms with van der Waals surface area (Å²) in [6.45, 7) is 0.511. The fourth-order valence-corrected chi connectivity index (χ4v) is 4.97. The van der Waals surface area contributed by atoms with E-state index in [2.05, 4.69) is 5.32 Å². The molecule has 0 aliphatic rings. The highest BCUT2D eigenvalue weighted by atomic mass is 35.5. The summed E-state index contributed by atoms with van der Waals surface area (Å²) in [5.74, 6) is 0. The van der Waals surface area contributed by atoms with Crippen molar-refractivity contribution in [1.82, 2.24) is 14.8 Å². The van der Waals surface area contributed by atoms with Gasteiger partial charge in [0.2, 0.25) is 0 Å². The Balaban J connectivity index is 1.54. The van der Waals surface area contributed by atoms with E-state index in [4.69, 9.17) is 21.7 Å². The van der Waals surface area contributed by atoms with E-state index >= 15 is 0 Å². The van der Waals surface area contributed by atoms with E-state index in [-0.39, 0.29) is 4.90 Å². The van der Waals surface area contributed by atoms with E-state index < -0.39 is 9.84 Å². The van der Waals surface area contributed by atoms with Gasteiger partial charge in [-0.05, 0) is 42.5 Å². The maximum absolute atomic E-state index is 12.1. The Morgan fingerprint density at radius 3 is 2.52 bits per heavy atom. The molecule has 2 aromatic heterocycles. The number of para-hydroxylation sites is 2. The fraction of sp³-hybridized carbons (Fsp3) is 0.120. The molecule has 5 aromatic rings. The molecule has 1 N–H and O–H groups in total. The first kappa shape index (κ1) is 21.4. The predicted octanol–water partition coefficient (Wildman–Crippen LogP) is 5.29. The number of nitrogens with one attached hydrogen (secondary N) is 1. The largest absolute Gasteiger partial charge is 0.384 e. The van der Waals surface area contributed by atoms with Gasteiger partial charge >= 0.3 is 0 Å². The number of aromatic nitrogens is 3. The summed E-state index contributed by atoms with van der Waals surface area (Å²) in [6, 6.07) is 22.5. The summed E-state index contributed by atoms with van der Waals surface area (Å²) in [4.78, 5) is 5.16. The van der Waals surface area contributed by atoms with E-state index in [9.17, 15) is 8.42 Å². The van der Waals surface area contributed by atoms with Crippen molar-refractivity contribution < 1.29 is 8.42 Å². The molecule has 0 bridgehead atoms. The fourth-order valence-electron chi connectivity index (χ4n) is 3.94. The molecule has 0 spiro atoms. The van der Waals surface area contributed by atoms with Gasteiger partial charge in [0.25, 0.3) is 0 Å². The third-order valence-corrected chi connectivity index (χ3v) is 6.87. The zero-order valence-electron chi connectivity index (χ0n) is 17.9. The van der Waals surface area contributed by atoms with Crippen LogP contribution in [0, 0.1) is 0 Å². The molecule has 0 fully saturated rings. The molecule has 5 rings (SSSR count). The number of halogens is 1. The predicted molar refractivity (Wildman–Crippen MR) is 133 cm³/mol. The lowest BCUT2D eigenvalue weighted by Gasteiger charge is -2.11. The molecule has 0 aliphatic carbocycles. The van der Waals surface area contributed by atoms with Crippen molar-refractivity contribution in [3.8, 4) is 5.69 Å². The molecule has 3 aromatic carbocycles. The van der Waals surface area contributed by atoms with Gasteiger partial charge in [-0.1, -0.05) is 41.9 Å². The Kier molecular flexibility index (Phi) is 5.52. The van der Waals surface area contributed by atoms with E-state index in [1.165, 1.54) is 6.26 Å². The quantitative estimate of drug-likeness (QED) is 0.360. The third-order valence-electron chi connectivity index (χ3n) is 5.48. The first-order valence-electron chi connectivity index (χ1n) is 10.5. The number of sulfone groups is 1. The second-order valence-corrected chi connectivity index (χ2v) is 10.3. The Morgan fingerprint density at radius 2 is 1.73 bits per heavy atom.